The van der Waals surface area contributed by atoms with Crippen molar-refractivity contribution in [3.05, 3.63) is 83.9 Å². The molecule has 1 aromatic heterocycles. The highest BCUT2D eigenvalue weighted by Gasteiger charge is 2.15. The molecule has 3 N–H and O–H groups in total. The lowest BCUT2D eigenvalue weighted by Gasteiger charge is -2.08. The van der Waals surface area contributed by atoms with Crippen molar-refractivity contribution in [3.8, 4) is 28.2 Å². The predicted molar refractivity (Wildman–Crippen MR) is 125 cm³/mol. The summed E-state index contributed by atoms with van der Waals surface area (Å²) in [5.41, 5.74) is 4.61. The third kappa shape index (κ3) is 4.72. The highest BCUT2D eigenvalue weighted by atomic mass is 35.5. The Kier molecular flexibility index (Phi) is 5.84. The number of halogens is 1. The number of nitrogens with two attached hydrogens (primary N) is 1. The number of carbonyl (C=O) groups is 1. The Hall–Kier alpha value is -3.46. The standard InChI is InChI=1S/C23H19ClN4O3S/c1-15(29)26-19-8-4-16(5-9-19)22-14-23(17-2-6-18(24)7-3-17)28(27-22)20-10-12-21(13-11-20)32(25,30)31/h2-14H,1H3,(H,26,29)(H2,25,30,31). The maximum atomic E-state index is 11.6. The molecule has 0 spiro atoms. The first-order valence-corrected chi connectivity index (χ1v) is 11.5. The number of nitrogens with zero attached hydrogens (tertiary/aromatic N) is 2. The van der Waals surface area contributed by atoms with Gasteiger partial charge in [-0.15, -0.1) is 0 Å². The highest BCUT2D eigenvalue weighted by Crippen LogP contribution is 2.30. The van der Waals surface area contributed by atoms with Crippen LogP contribution in [0, 0.1) is 0 Å². The molecule has 0 saturated heterocycles. The van der Waals surface area contributed by atoms with E-state index in [9.17, 15) is 13.2 Å². The summed E-state index contributed by atoms with van der Waals surface area (Å²) >= 11 is 6.05. The van der Waals surface area contributed by atoms with E-state index in [4.69, 9.17) is 21.8 Å². The van der Waals surface area contributed by atoms with Crippen molar-refractivity contribution in [1.29, 1.82) is 0 Å². The molecule has 3 aromatic carbocycles. The topological polar surface area (TPSA) is 107 Å². The van der Waals surface area contributed by atoms with Crippen LogP contribution in [0.15, 0.2) is 83.8 Å². The van der Waals surface area contributed by atoms with Gasteiger partial charge in [0.2, 0.25) is 15.9 Å². The van der Waals surface area contributed by atoms with E-state index in [1.807, 2.05) is 30.3 Å². The number of rotatable bonds is 5. The van der Waals surface area contributed by atoms with Crippen LogP contribution in [0.3, 0.4) is 0 Å². The summed E-state index contributed by atoms with van der Waals surface area (Å²) in [6.45, 7) is 1.45. The summed E-state index contributed by atoms with van der Waals surface area (Å²) in [4.78, 5) is 11.3. The van der Waals surface area contributed by atoms with E-state index in [1.54, 1.807) is 41.1 Å². The number of nitrogens with one attached hydrogen (secondary N) is 1. The van der Waals surface area contributed by atoms with Crippen LogP contribution in [0.5, 0.6) is 0 Å². The number of amides is 1. The molecule has 32 heavy (non-hydrogen) atoms. The molecule has 0 aliphatic heterocycles. The van der Waals surface area contributed by atoms with E-state index in [0.29, 0.717) is 22.1 Å². The van der Waals surface area contributed by atoms with Gasteiger partial charge in [0.1, 0.15) is 0 Å². The number of sulfonamides is 1. The summed E-state index contributed by atoms with van der Waals surface area (Å²) < 4.78 is 24.9. The molecule has 0 unspecified atom stereocenters. The normalized spacial score (nSPS) is 11.3. The van der Waals surface area contributed by atoms with Gasteiger partial charge in [-0.3, -0.25) is 4.79 Å². The zero-order valence-corrected chi connectivity index (χ0v) is 18.6. The molecule has 4 aromatic rings. The minimum atomic E-state index is -3.79. The van der Waals surface area contributed by atoms with E-state index in [1.165, 1.54) is 19.1 Å². The van der Waals surface area contributed by atoms with Crippen LogP contribution < -0.4 is 10.5 Å². The minimum Gasteiger partial charge on any atom is -0.326 e. The molecule has 7 nitrogen and oxygen atoms in total. The summed E-state index contributed by atoms with van der Waals surface area (Å²) in [6, 6.07) is 22.8. The van der Waals surface area contributed by atoms with Gasteiger partial charge in [-0.25, -0.2) is 18.2 Å². The van der Waals surface area contributed by atoms with Crippen molar-refractivity contribution in [3.63, 3.8) is 0 Å². The Bertz CT molecular complexity index is 1380. The third-order valence-corrected chi connectivity index (χ3v) is 5.94. The number of anilines is 1. The van der Waals surface area contributed by atoms with Crippen molar-refractivity contribution in [2.75, 3.05) is 5.32 Å². The molecular weight excluding hydrogens is 448 g/mol. The first-order valence-electron chi connectivity index (χ1n) is 9.58. The number of aromatic nitrogens is 2. The quantitative estimate of drug-likeness (QED) is 0.452. The fourth-order valence-electron chi connectivity index (χ4n) is 3.25. The monoisotopic (exact) mass is 466 g/mol. The van der Waals surface area contributed by atoms with Gasteiger partial charge < -0.3 is 5.32 Å². The summed E-state index contributed by atoms with van der Waals surface area (Å²) in [5, 5.41) is 13.3. The van der Waals surface area contributed by atoms with Gasteiger partial charge in [0, 0.05) is 28.8 Å². The van der Waals surface area contributed by atoms with Gasteiger partial charge >= 0.3 is 0 Å². The SMILES string of the molecule is CC(=O)Nc1ccc(-c2cc(-c3ccc(Cl)cc3)n(-c3ccc(S(N)(=O)=O)cc3)n2)cc1. The molecule has 0 bridgehead atoms. The van der Waals surface area contributed by atoms with Crippen LogP contribution in [0.2, 0.25) is 5.02 Å². The third-order valence-electron chi connectivity index (χ3n) is 4.76. The largest absolute Gasteiger partial charge is 0.326 e. The molecular formula is C23H19ClN4O3S. The Morgan fingerprint density at radius 1 is 0.938 bits per heavy atom. The number of hydrogen-bond donors (Lipinski definition) is 2. The molecule has 1 amide bonds. The number of hydrogen-bond acceptors (Lipinski definition) is 4. The molecule has 0 saturated carbocycles. The minimum absolute atomic E-state index is 0.0234. The van der Waals surface area contributed by atoms with Gasteiger partial charge in [-0.05, 0) is 54.6 Å². The molecule has 0 aliphatic carbocycles. The zero-order chi connectivity index (χ0) is 22.9. The Labute approximate surface area is 190 Å². The second kappa shape index (κ2) is 8.58. The number of benzene rings is 3. The van der Waals surface area contributed by atoms with Crippen LogP contribution in [-0.4, -0.2) is 24.1 Å². The molecule has 162 valence electrons. The van der Waals surface area contributed by atoms with Crippen molar-refractivity contribution >= 4 is 33.2 Å². The lowest BCUT2D eigenvalue weighted by molar-refractivity contribution is -0.114. The second-order valence-corrected chi connectivity index (χ2v) is 9.13. The Morgan fingerprint density at radius 3 is 2.09 bits per heavy atom. The summed E-state index contributed by atoms with van der Waals surface area (Å²) in [7, 11) is -3.79. The molecule has 0 radical (unpaired) electrons. The van der Waals surface area contributed by atoms with E-state index < -0.39 is 10.0 Å². The predicted octanol–water partition coefficient (Wildman–Crippen LogP) is 4.47. The van der Waals surface area contributed by atoms with Crippen LogP contribution in [0.4, 0.5) is 5.69 Å². The summed E-state index contributed by atoms with van der Waals surface area (Å²) in [5.74, 6) is -0.144. The van der Waals surface area contributed by atoms with Crippen molar-refractivity contribution in [1.82, 2.24) is 9.78 Å². The molecule has 9 heteroatoms. The highest BCUT2D eigenvalue weighted by molar-refractivity contribution is 7.89. The lowest BCUT2D eigenvalue weighted by atomic mass is 10.1. The fourth-order valence-corrected chi connectivity index (χ4v) is 3.89. The molecule has 0 aliphatic rings. The first kappa shape index (κ1) is 21.8. The number of primary sulfonamides is 1. The van der Waals surface area contributed by atoms with E-state index in [-0.39, 0.29) is 10.8 Å². The maximum absolute atomic E-state index is 11.6. The van der Waals surface area contributed by atoms with Gasteiger partial charge in [0.25, 0.3) is 0 Å². The van der Waals surface area contributed by atoms with Crippen LogP contribution in [-0.2, 0) is 14.8 Å². The number of carbonyl (C=O) groups excluding carboxylic acids is 1. The average Bonchev–Trinajstić information content (AvgIpc) is 3.19. The van der Waals surface area contributed by atoms with Gasteiger partial charge in [-0.1, -0.05) is 35.9 Å². The van der Waals surface area contributed by atoms with Gasteiger partial charge in [0.05, 0.1) is 22.0 Å². The van der Waals surface area contributed by atoms with E-state index in [2.05, 4.69) is 5.32 Å². The van der Waals surface area contributed by atoms with Crippen LogP contribution in [0.25, 0.3) is 28.2 Å². The average molecular weight is 467 g/mol. The van der Waals surface area contributed by atoms with Crippen molar-refractivity contribution in [2.24, 2.45) is 5.14 Å². The Balaban J connectivity index is 1.80. The van der Waals surface area contributed by atoms with E-state index >= 15 is 0 Å². The van der Waals surface area contributed by atoms with Crippen LogP contribution >= 0.6 is 11.6 Å². The maximum Gasteiger partial charge on any atom is 0.238 e. The molecule has 0 atom stereocenters. The first-order chi connectivity index (χ1) is 15.2. The zero-order valence-electron chi connectivity index (χ0n) is 17.0. The molecule has 1 heterocycles. The molecule has 4 rings (SSSR count). The van der Waals surface area contributed by atoms with Crippen molar-refractivity contribution < 1.29 is 13.2 Å². The second-order valence-electron chi connectivity index (χ2n) is 7.13. The smallest absolute Gasteiger partial charge is 0.238 e. The van der Waals surface area contributed by atoms with Gasteiger partial charge in [0.15, 0.2) is 0 Å². The fraction of sp³-hybridized carbons (Fsp3) is 0.0435. The molecule has 0 fully saturated rings. The van der Waals surface area contributed by atoms with Crippen LogP contribution in [0.1, 0.15) is 6.92 Å². The Morgan fingerprint density at radius 2 is 1.53 bits per heavy atom. The van der Waals surface area contributed by atoms with Crippen molar-refractivity contribution in [2.45, 2.75) is 11.8 Å². The summed E-state index contributed by atoms with van der Waals surface area (Å²) in [6.07, 6.45) is 0. The van der Waals surface area contributed by atoms with Gasteiger partial charge in [-0.2, -0.15) is 5.10 Å². The lowest BCUT2D eigenvalue weighted by Crippen LogP contribution is -2.12. The van der Waals surface area contributed by atoms with E-state index in [0.717, 1.165) is 16.8 Å².